The van der Waals surface area contributed by atoms with Gasteiger partial charge in [-0.1, -0.05) is 17.7 Å². The van der Waals surface area contributed by atoms with Gasteiger partial charge in [0.05, 0.1) is 11.1 Å². The first kappa shape index (κ1) is 21.4. The number of anilines is 1. The van der Waals surface area contributed by atoms with E-state index in [1.165, 1.54) is 30.5 Å². The van der Waals surface area contributed by atoms with E-state index in [0.29, 0.717) is 5.69 Å². The first-order valence-electron chi connectivity index (χ1n) is 8.89. The van der Waals surface area contributed by atoms with Gasteiger partial charge in [0.1, 0.15) is 11.9 Å². The predicted octanol–water partition coefficient (Wildman–Crippen LogP) is 4.49. The SMILES string of the molecule is CN1[C@@H](C(=O)Nc2ccc(F)c(Cl)c2)C[C@@H](c2ccc(-c3cccs3)s2)NS1(=O)=O. The molecule has 1 aromatic carbocycles. The number of carbonyl (C=O) groups is 1. The van der Waals surface area contributed by atoms with E-state index >= 15 is 0 Å². The van der Waals surface area contributed by atoms with E-state index in [1.54, 1.807) is 11.3 Å². The first-order chi connectivity index (χ1) is 14.2. The van der Waals surface area contributed by atoms with Crippen molar-refractivity contribution in [2.24, 2.45) is 0 Å². The minimum Gasteiger partial charge on any atom is -0.325 e. The normalized spacial score (nSPS) is 21.4. The fourth-order valence-electron chi connectivity index (χ4n) is 3.19. The van der Waals surface area contributed by atoms with Crippen molar-refractivity contribution >= 4 is 56.1 Å². The van der Waals surface area contributed by atoms with Crippen LogP contribution in [0, 0.1) is 5.82 Å². The van der Waals surface area contributed by atoms with Gasteiger partial charge in [0, 0.05) is 27.4 Å². The van der Waals surface area contributed by atoms with Gasteiger partial charge in [0.15, 0.2) is 0 Å². The highest BCUT2D eigenvalue weighted by Gasteiger charge is 2.41. The van der Waals surface area contributed by atoms with E-state index in [1.807, 2.05) is 29.6 Å². The molecule has 1 aliphatic rings. The van der Waals surface area contributed by atoms with Crippen LogP contribution in [0.3, 0.4) is 0 Å². The molecule has 0 bridgehead atoms. The number of amides is 1. The summed E-state index contributed by atoms with van der Waals surface area (Å²) in [5.41, 5.74) is 0.295. The summed E-state index contributed by atoms with van der Waals surface area (Å²) in [6.45, 7) is 0. The molecule has 1 amide bonds. The van der Waals surface area contributed by atoms with Crippen molar-refractivity contribution in [3.05, 3.63) is 63.6 Å². The molecule has 1 aliphatic heterocycles. The number of carbonyl (C=O) groups excluding carboxylic acids is 1. The van der Waals surface area contributed by atoms with E-state index < -0.39 is 34.0 Å². The molecule has 3 heterocycles. The van der Waals surface area contributed by atoms with Crippen LogP contribution in [-0.2, 0) is 15.0 Å². The van der Waals surface area contributed by atoms with Crippen LogP contribution in [0.2, 0.25) is 5.02 Å². The molecule has 0 saturated carbocycles. The van der Waals surface area contributed by atoms with Crippen LogP contribution in [0.15, 0.2) is 47.8 Å². The number of hydrogen-bond acceptors (Lipinski definition) is 5. The summed E-state index contributed by atoms with van der Waals surface area (Å²) in [6.07, 6.45) is 0.251. The Hall–Kier alpha value is -1.82. The third kappa shape index (κ3) is 4.29. The minimum atomic E-state index is -3.86. The molecule has 1 fully saturated rings. The van der Waals surface area contributed by atoms with E-state index in [0.717, 1.165) is 25.0 Å². The molecule has 2 atom stereocenters. The summed E-state index contributed by atoms with van der Waals surface area (Å²) in [5, 5.41) is 4.48. The van der Waals surface area contributed by atoms with Crippen LogP contribution in [0.5, 0.6) is 0 Å². The molecule has 0 unspecified atom stereocenters. The molecule has 1 saturated heterocycles. The molecule has 30 heavy (non-hydrogen) atoms. The van der Waals surface area contributed by atoms with Crippen molar-refractivity contribution in [1.29, 1.82) is 0 Å². The Morgan fingerprint density at radius 3 is 2.77 bits per heavy atom. The number of benzene rings is 1. The van der Waals surface area contributed by atoms with Gasteiger partial charge in [-0.05, 0) is 48.2 Å². The Labute approximate surface area is 186 Å². The average molecular weight is 486 g/mol. The molecular weight excluding hydrogens is 469 g/mol. The molecule has 4 rings (SSSR count). The predicted molar refractivity (Wildman–Crippen MR) is 119 cm³/mol. The first-order valence-corrected chi connectivity index (χ1v) is 12.4. The standard InChI is InChI=1S/C19H17ClFN3O3S3/c1-24-15(19(25)22-11-4-5-13(21)12(20)9-11)10-14(23-30(24,26)27)16-6-7-18(29-16)17-3-2-8-28-17/h2-9,14-15,23H,10H2,1H3,(H,22,25)/t14-,15+/m0/s1. The minimum absolute atomic E-state index is 0.128. The molecule has 3 aromatic rings. The Morgan fingerprint density at radius 2 is 2.07 bits per heavy atom. The van der Waals surface area contributed by atoms with Gasteiger partial charge in [-0.3, -0.25) is 4.79 Å². The number of rotatable bonds is 4. The number of halogens is 2. The molecule has 11 heteroatoms. The lowest BCUT2D eigenvalue weighted by Gasteiger charge is -2.35. The van der Waals surface area contributed by atoms with Gasteiger partial charge in [-0.15, -0.1) is 22.7 Å². The molecule has 0 aliphatic carbocycles. The maximum Gasteiger partial charge on any atom is 0.280 e. The molecular formula is C19H17ClFN3O3S3. The zero-order valence-corrected chi connectivity index (χ0v) is 18.8. The van der Waals surface area contributed by atoms with Gasteiger partial charge >= 0.3 is 0 Å². The maximum absolute atomic E-state index is 13.4. The summed E-state index contributed by atoms with van der Waals surface area (Å²) < 4.78 is 42.3. The Kier molecular flexibility index (Phi) is 5.97. The van der Waals surface area contributed by atoms with Crippen molar-refractivity contribution in [1.82, 2.24) is 9.03 Å². The van der Waals surface area contributed by atoms with Crippen LogP contribution in [0.25, 0.3) is 9.75 Å². The van der Waals surface area contributed by atoms with Crippen LogP contribution in [0.4, 0.5) is 10.1 Å². The average Bonchev–Trinajstić information content (AvgIpc) is 3.38. The van der Waals surface area contributed by atoms with Gasteiger partial charge in [-0.25, -0.2) is 4.39 Å². The topological polar surface area (TPSA) is 78.5 Å². The monoisotopic (exact) mass is 485 g/mol. The number of hydrogen-bond donors (Lipinski definition) is 2. The van der Waals surface area contributed by atoms with Gasteiger partial charge in [-0.2, -0.15) is 17.4 Å². The van der Waals surface area contributed by atoms with Crippen molar-refractivity contribution in [2.45, 2.75) is 18.5 Å². The summed E-state index contributed by atoms with van der Waals surface area (Å²) in [6, 6.07) is 10.1. The molecule has 0 radical (unpaired) electrons. The van der Waals surface area contributed by atoms with Crippen LogP contribution < -0.4 is 10.0 Å². The number of likely N-dealkylation sites (N-methyl/N-ethyl adjacent to an activating group) is 1. The molecule has 2 aromatic heterocycles. The fraction of sp³-hybridized carbons (Fsp3) is 0.211. The van der Waals surface area contributed by atoms with E-state index in [9.17, 15) is 17.6 Å². The summed E-state index contributed by atoms with van der Waals surface area (Å²) in [7, 11) is -2.51. The molecule has 158 valence electrons. The lowest BCUT2D eigenvalue weighted by Crippen LogP contribution is -2.55. The second-order valence-corrected chi connectivity index (χ2v) is 11.0. The zero-order chi connectivity index (χ0) is 21.5. The second-order valence-electron chi connectivity index (χ2n) is 6.74. The smallest absolute Gasteiger partial charge is 0.280 e. The van der Waals surface area contributed by atoms with Gasteiger partial charge in [0.25, 0.3) is 10.2 Å². The van der Waals surface area contributed by atoms with Crippen LogP contribution in [0.1, 0.15) is 17.3 Å². The molecule has 2 N–H and O–H groups in total. The Bertz CT molecular complexity index is 1180. The van der Waals surface area contributed by atoms with Crippen LogP contribution >= 0.6 is 34.3 Å². The Morgan fingerprint density at radius 1 is 1.27 bits per heavy atom. The number of nitrogens with one attached hydrogen (secondary N) is 2. The van der Waals surface area contributed by atoms with E-state index in [-0.39, 0.29) is 11.4 Å². The number of thiophene rings is 2. The van der Waals surface area contributed by atoms with Crippen molar-refractivity contribution < 1.29 is 17.6 Å². The van der Waals surface area contributed by atoms with E-state index in [4.69, 9.17) is 11.6 Å². The van der Waals surface area contributed by atoms with E-state index in [2.05, 4.69) is 10.0 Å². The fourth-order valence-corrected chi connectivity index (χ4v) is 6.61. The summed E-state index contributed by atoms with van der Waals surface area (Å²) in [4.78, 5) is 15.8. The van der Waals surface area contributed by atoms with Crippen molar-refractivity contribution in [3.8, 4) is 9.75 Å². The van der Waals surface area contributed by atoms with Gasteiger partial charge < -0.3 is 5.32 Å². The van der Waals surface area contributed by atoms with Gasteiger partial charge in [0.2, 0.25) is 5.91 Å². The molecule has 6 nitrogen and oxygen atoms in total. The quantitative estimate of drug-likeness (QED) is 0.571. The van der Waals surface area contributed by atoms with Crippen LogP contribution in [-0.4, -0.2) is 31.7 Å². The largest absolute Gasteiger partial charge is 0.325 e. The second kappa shape index (κ2) is 8.37. The summed E-state index contributed by atoms with van der Waals surface area (Å²) >= 11 is 8.87. The third-order valence-electron chi connectivity index (χ3n) is 4.79. The maximum atomic E-state index is 13.4. The highest BCUT2D eigenvalue weighted by molar-refractivity contribution is 7.87. The molecule has 0 spiro atoms. The lowest BCUT2D eigenvalue weighted by atomic mass is 10.1. The lowest BCUT2D eigenvalue weighted by molar-refractivity contribution is -0.120. The zero-order valence-electron chi connectivity index (χ0n) is 15.6. The summed E-state index contributed by atoms with van der Waals surface area (Å²) in [5.74, 6) is -1.11. The van der Waals surface area contributed by atoms with Crippen molar-refractivity contribution in [2.75, 3.05) is 12.4 Å². The van der Waals surface area contributed by atoms with Crippen molar-refractivity contribution in [3.63, 3.8) is 0 Å². The number of nitrogens with zero attached hydrogens (tertiary/aromatic N) is 1. The highest BCUT2D eigenvalue weighted by Crippen LogP contribution is 2.37. The highest BCUT2D eigenvalue weighted by atomic mass is 35.5. The third-order valence-corrected chi connectivity index (χ3v) is 8.94. The Balaban J connectivity index is 1.57.